The fourth-order valence-electron chi connectivity index (χ4n) is 3.13. The summed E-state index contributed by atoms with van der Waals surface area (Å²) in [6.45, 7) is 0. The molecule has 1 aromatic heterocycles. The molecule has 6 nitrogen and oxygen atoms in total. The average Bonchev–Trinajstić information content (AvgIpc) is 3.04. The van der Waals surface area contributed by atoms with Gasteiger partial charge in [0.15, 0.2) is 10.7 Å². The Bertz CT molecular complexity index is 830. The van der Waals surface area contributed by atoms with Gasteiger partial charge in [-0.05, 0) is 37.2 Å². The third-order valence-electron chi connectivity index (χ3n) is 4.45. The van der Waals surface area contributed by atoms with Crippen LogP contribution in [0.15, 0.2) is 22.7 Å². The number of methoxy groups -OCH3 is 1. The molecular formula is C18H19Cl2N3O3S. The number of thiocarbonyl (C=S) groups is 1. The number of aromatic nitrogens is 1. The van der Waals surface area contributed by atoms with Gasteiger partial charge in [-0.3, -0.25) is 0 Å². The monoisotopic (exact) mass is 427 g/mol. The maximum atomic E-state index is 12.4. The van der Waals surface area contributed by atoms with Crippen molar-refractivity contribution < 1.29 is 14.1 Å². The number of nitrogens with zero attached hydrogens (tertiary/aromatic N) is 1. The number of hydrogen-bond acceptors (Lipinski definition) is 5. The summed E-state index contributed by atoms with van der Waals surface area (Å²) in [6, 6.07) is 5.32. The summed E-state index contributed by atoms with van der Waals surface area (Å²) in [5, 5.41) is 11.2. The molecule has 1 aliphatic carbocycles. The second-order valence-corrected chi connectivity index (χ2v) is 7.48. The lowest BCUT2D eigenvalue weighted by atomic mass is 9.96. The van der Waals surface area contributed by atoms with Crippen LogP contribution in [0.25, 0.3) is 11.3 Å². The summed E-state index contributed by atoms with van der Waals surface area (Å²) in [6.07, 6.45) is 5.70. The number of carbonyl (C=O) groups is 1. The van der Waals surface area contributed by atoms with Crippen LogP contribution in [0, 0.1) is 0 Å². The van der Waals surface area contributed by atoms with Gasteiger partial charge < -0.3 is 19.9 Å². The molecule has 0 radical (unpaired) electrons. The highest BCUT2D eigenvalue weighted by Crippen LogP contribution is 2.38. The van der Waals surface area contributed by atoms with Crippen molar-refractivity contribution in [3.8, 4) is 11.3 Å². The zero-order chi connectivity index (χ0) is 19.4. The maximum absolute atomic E-state index is 12.4. The van der Waals surface area contributed by atoms with E-state index in [0.717, 1.165) is 12.8 Å². The Kier molecular flexibility index (Phi) is 6.57. The van der Waals surface area contributed by atoms with Gasteiger partial charge in [-0.2, -0.15) is 0 Å². The van der Waals surface area contributed by atoms with Crippen molar-refractivity contribution in [2.45, 2.75) is 38.1 Å². The van der Waals surface area contributed by atoms with Crippen LogP contribution >= 0.6 is 35.4 Å². The van der Waals surface area contributed by atoms with Crippen LogP contribution in [0.3, 0.4) is 0 Å². The fourth-order valence-corrected chi connectivity index (χ4v) is 3.97. The fraction of sp³-hybridized carbons (Fsp3) is 0.389. The number of carbonyl (C=O) groups excluding carboxylic acids is 1. The highest BCUT2D eigenvalue weighted by molar-refractivity contribution is 7.80. The third kappa shape index (κ3) is 4.54. The molecule has 1 fully saturated rings. The van der Waals surface area contributed by atoms with E-state index in [1.165, 1.54) is 26.4 Å². The second-order valence-electron chi connectivity index (χ2n) is 6.26. The van der Waals surface area contributed by atoms with E-state index in [1.807, 2.05) is 0 Å². The first kappa shape index (κ1) is 19.9. The smallest absolute Gasteiger partial charge is 0.345 e. The van der Waals surface area contributed by atoms with Gasteiger partial charge in [0.1, 0.15) is 5.69 Å². The Labute approximate surface area is 172 Å². The average molecular weight is 428 g/mol. The van der Waals surface area contributed by atoms with Crippen LogP contribution in [0.1, 0.15) is 42.5 Å². The molecule has 144 valence electrons. The molecule has 1 aliphatic rings. The minimum atomic E-state index is -0.634. The van der Waals surface area contributed by atoms with Crippen LogP contribution in [0.4, 0.5) is 5.88 Å². The quantitative estimate of drug-likeness (QED) is 0.521. The van der Waals surface area contributed by atoms with E-state index in [-0.39, 0.29) is 17.1 Å². The maximum Gasteiger partial charge on any atom is 0.345 e. The minimum absolute atomic E-state index is 0.0836. The number of anilines is 1. The van der Waals surface area contributed by atoms with Gasteiger partial charge in [-0.1, -0.05) is 53.7 Å². The van der Waals surface area contributed by atoms with E-state index < -0.39 is 5.97 Å². The van der Waals surface area contributed by atoms with Crippen LogP contribution in [-0.4, -0.2) is 29.4 Å². The van der Waals surface area contributed by atoms with Crippen LogP contribution < -0.4 is 10.6 Å². The summed E-state index contributed by atoms with van der Waals surface area (Å²) in [7, 11) is 1.27. The van der Waals surface area contributed by atoms with Crippen molar-refractivity contribution in [3.05, 3.63) is 33.8 Å². The summed E-state index contributed by atoms with van der Waals surface area (Å²) in [4.78, 5) is 12.4. The lowest BCUT2D eigenvalue weighted by Gasteiger charge is -2.23. The Balaban J connectivity index is 1.89. The number of rotatable bonds is 4. The number of nitrogens with one attached hydrogen (secondary N) is 2. The first-order valence-corrected chi connectivity index (χ1v) is 9.77. The van der Waals surface area contributed by atoms with E-state index in [1.54, 1.807) is 18.2 Å². The van der Waals surface area contributed by atoms with E-state index in [4.69, 9.17) is 44.7 Å². The first-order chi connectivity index (χ1) is 13.0. The second kappa shape index (κ2) is 8.91. The Hall–Kier alpha value is -1.83. The summed E-state index contributed by atoms with van der Waals surface area (Å²) in [5.41, 5.74) is 0.671. The van der Waals surface area contributed by atoms with Crippen molar-refractivity contribution in [3.63, 3.8) is 0 Å². The third-order valence-corrected chi connectivity index (χ3v) is 5.30. The molecule has 1 saturated carbocycles. The first-order valence-electron chi connectivity index (χ1n) is 8.61. The molecule has 0 spiro atoms. The van der Waals surface area contributed by atoms with Gasteiger partial charge >= 0.3 is 5.97 Å². The summed E-state index contributed by atoms with van der Waals surface area (Å²) >= 11 is 17.9. The van der Waals surface area contributed by atoms with Crippen LogP contribution in [0.2, 0.25) is 10.0 Å². The van der Waals surface area contributed by atoms with E-state index in [2.05, 4.69) is 15.8 Å². The van der Waals surface area contributed by atoms with Gasteiger partial charge in [-0.15, -0.1) is 0 Å². The van der Waals surface area contributed by atoms with E-state index in [9.17, 15) is 4.79 Å². The molecule has 0 aliphatic heterocycles. The Morgan fingerprint density at radius 3 is 2.56 bits per heavy atom. The molecule has 0 saturated heterocycles. The summed E-state index contributed by atoms with van der Waals surface area (Å²) in [5.74, 6) is -0.550. The molecule has 1 heterocycles. The molecule has 0 atom stereocenters. The van der Waals surface area contributed by atoms with Gasteiger partial charge in [0.2, 0.25) is 5.88 Å². The highest BCUT2D eigenvalue weighted by atomic mass is 35.5. The van der Waals surface area contributed by atoms with Crippen molar-refractivity contribution in [1.82, 2.24) is 10.5 Å². The van der Waals surface area contributed by atoms with Crippen molar-refractivity contribution in [2.75, 3.05) is 12.4 Å². The molecule has 9 heteroatoms. The SMILES string of the molecule is COC(=O)c1c(-c2c(Cl)cccc2Cl)noc1NC(=S)NC1CCCCC1. The predicted molar refractivity (Wildman–Crippen MR) is 110 cm³/mol. The Morgan fingerprint density at radius 2 is 1.93 bits per heavy atom. The van der Waals surface area contributed by atoms with Gasteiger partial charge in [-0.25, -0.2) is 4.79 Å². The van der Waals surface area contributed by atoms with E-state index >= 15 is 0 Å². The van der Waals surface area contributed by atoms with Crippen LogP contribution in [0.5, 0.6) is 0 Å². The molecular weight excluding hydrogens is 409 g/mol. The Morgan fingerprint density at radius 1 is 1.26 bits per heavy atom. The molecule has 2 N–H and O–H groups in total. The highest BCUT2D eigenvalue weighted by Gasteiger charge is 2.28. The molecule has 0 bridgehead atoms. The zero-order valence-corrected chi connectivity index (χ0v) is 17.0. The lowest BCUT2D eigenvalue weighted by molar-refractivity contribution is 0.0602. The standard InChI is InChI=1S/C18H19Cl2N3O3S/c1-25-17(24)14-15(13-11(19)8-5-9-12(13)20)23-26-16(14)22-18(27)21-10-6-3-2-4-7-10/h5,8-10H,2-4,6-7H2,1H3,(H2,21,22,27). The molecule has 1 aromatic carbocycles. The molecule has 27 heavy (non-hydrogen) atoms. The normalized spacial score (nSPS) is 14.6. The lowest BCUT2D eigenvalue weighted by Crippen LogP contribution is -2.39. The number of ether oxygens (including phenoxy) is 1. The van der Waals surface area contributed by atoms with Gasteiger partial charge in [0.25, 0.3) is 0 Å². The number of halogens is 2. The zero-order valence-electron chi connectivity index (χ0n) is 14.7. The minimum Gasteiger partial charge on any atom is -0.465 e. The summed E-state index contributed by atoms with van der Waals surface area (Å²) < 4.78 is 10.2. The molecule has 0 unspecified atom stereocenters. The number of benzene rings is 1. The van der Waals surface area contributed by atoms with Crippen molar-refractivity contribution in [2.24, 2.45) is 0 Å². The number of hydrogen-bond donors (Lipinski definition) is 2. The van der Waals surface area contributed by atoms with Crippen molar-refractivity contribution in [1.29, 1.82) is 0 Å². The van der Waals surface area contributed by atoms with Gasteiger partial charge in [0.05, 0.1) is 17.2 Å². The molecule has 3 rings (SSSR count). The molecule has 2 aromatic rings. The molecule has 0 amide bonds. The largest absolute Gasteiger partial charge is 0.465 e. The predicted octanol–water partition coefficient (Wildman–Crippen LogP) is 5.05. The topological polar surface area (TPSA) is 76.4 Å². The number of esters is 1. The van der Waals surface area contributed by atoms with E-state index in [0.29, 0.717) is 26.8 Å². The van der Waals surface area contributed by atoms with Crippen molar-refractivity contribution >= 4 is 52.4 Å². The van der Waals surface area contributed by atoms with Crippen LogP contribution in [-0.2, 0) is 4.74 Å². The van der Waals surface area contributed by atoms with Gasteiger partial charge in [0, 0.05) is 11.6 Å².